The van der Waals surface area contributed by atoms with Gasteiger partial charge in [0.2, 0.25) is 5.82 Å². The molecule has 0 atom stereocenters. The Morgan fingerprint density at radius 2 is 1.66 bits per heavy atom. The summed E-state index contributed by atoms with van der Waals surface area (Å²) in [5.74, 6) is 1.74. The van der Waals surface area contributed by atoms with Gasteiger partial charge in [-0.25, -0.2) is 4.79 Å². The minimum atomic E-state index is -0.524. The van der Waals surface area contributed by atoms with Crippen LogP contribution in [0.5, 0.6) is 11.5 Å². The number of nitrogens with zero attached hydrogens (tertiary/aromatic N) is 3. The third-order valence-electron chi connectivity index (χ3n) is 5.52. The number of H-pyrrole nitrogens is 1. The molecule has 0 spiro atoms. The topological polar surface area (TPSA) is 112 Å². The van der Waals surface area contributed by atoms with E-state index >= 15 is 0 Å². The molecule has 2 aromatic heterocycles. The van der Waals surface area contributed by atoms with Crippen LogP contribution < -0.4 is 20.7 Å². The third kappa shape index (κ3) is 4.41. The number of hydrogen-bond donors (Lipinski definition) is 1. The fourth-order valence-corrected chi connectivity index (χ4v) is 3.82. The molecule has 0 radical (unpaired) electrons. The van der Waals surface area contributed by atoms with Gasteiger partial charge in [-0.15, -0.1) is 0 Å². The van der Waals surface area contributed by atoms with Crippen molar-refractivity contribution < 1.29 is 14.0 Å². The van der Waals surface area contributed by atoms with Gasteiger partial charge in [0, 0.05) is 22.2 Å². The average molecular weight is 491 g/mol. The van der Waals surface area contributed by atoms with E-state index in [9.17, 15) is 9.59 Å². The van der Waals surface area contributed by atoms with Gasteiger partial charge in [0.05, 0.1) is 31.7 Å². The molecule has 0 amide bonds. The predicted molar refractivity (Wildman–Crippen MR) is 131 cm³/mol. The Morgan fingerprint density at radius 1 is 0.943 bits per heavy atom. The van der Waals surface area contributed by atoms with Crippen molar-refractivity contribution in [1.82, 2.24) is 19.7 Å². The monoisotopic (exact) mass is 490 g/mol. The van der Waals surface area contributed by atoms with E-state index in [-0.39, 0.29) is 12.4 Å². The van der Waals surface area contributed by atoms with Gasteiger partial charge in [-0.05, 0) is 48.0 Å². The largest absolute Gasteiger partial charge is 0.497 e. The van der Waals surface area contributed by atoms with E-state index in [4.69, 9.17) is 25.6 Å². The van der Waals surface area contributed by atoms with Crippen molar-refractivity contribution in [3.05, 3.63) is 92.1 Å². The molecule has 5 aromatic rings. The summed E-state index contributed by atoms with van der Waals surface area (Å²) in [4.78, 5) is 32.9. The van der Waals surface area contributed by atoms with Crippen LogP contribution in [0.25, 0.3) is 33.7 Å². The van der Waals surface area contributed by atoms with E-state index in [1.807, 2.05) is 0 Å². The lowest BCUT2D eigenvalue weighted by Crippen LogP contribution is -2.35. The molecule has 5 rings (SSSR count). The SMILES string of the molecule is COc1cc(OC)cc(-c2noc(-c3ccc4c(=O)n(Cc5ccc(Cl)cc5)c(=O)[nH]c4c3)n2)c1. The molecular formula is C25H19ClN4O5. The second kappa shape index (κ2) is 9.11. The molecule has 176 valence electrons. The Kier molecular flexibility index (Phi) is 5.84. The first kappa shape index (κ1) is 22.4. The lowest BCUT2D eigenvalue weighted by molar-refractivity contribution is 0.394. The number of benzene rings is 3. The van der Waals surface area contributed by atoms with Crippen LogP contribution in [0.3, 0.4) is 0 Å². The molecule has 0 saturated heterocycles. The average Bonchev–Trinajstić information content (AvgIpc) is 3.37. The fourth-order valence-electron chi connectivity index (χ4n) is 3.70. The van der Waals surface area contributed by atoms with Crippen molar-refractivity contribution in [2.75, 3.05) is 14.2 Å². The lowest BCUT2D eigenvalue weighted by atomic mass is 10.1. The number of rotatable bonds is 6. The Balaban J connectivity index is 1.50. The van der Waals surface area contributed by atoms with E-state index < -0.39 is 11.2 Å². The maximum absolute atomic E-state index is 13.0. The molecule has 0 unspecified atom stereocenters. The summed E-state index contributed by atoms with van der Waals surface area (Å²) in [6.45, 7) is 0.125. The molecule has 10 heteroatoms. The van der Waals surface area contributed by atoms with E-state index in [0.717, 1.165) is 10.1 Å². The minimum Gasteiger partial charge on any atom is -0.497 e. The zero-order valence-corrected chi connectivity index (χ0v) is 19.5. The van der Waals surface area contributed by atoms with Crippen LogP contribution in [0.1, 0.15) is 5.56 Å². The zero-order valence-electron chi connectivity index (χ0n) is 18.7. The predicted octanol–water partition coefficient (Wildman–Crippen LogP) is 4.13. The van der Waals surface area contributed by atoms with Crippen molar-refractivity contribution in [3.8, 4) is 34.3 Å². The van der Waals surface area contributed by atoms with Gasteiger partial charge in [-0.2, -0.15) is 4.98 Å². The number of nitrogens with one attached hydrogen (secondary N) is 1. The minimum absolute atomic E-state index is 0.125. The quantitative estimate of drug-likeness (QED) is 0.381. The van der Waals surface area contributed by atoms with Crippen LogP contribution in [-0.2, 0) is 6.54 Å². The highest BCUT2D eigenvalue weighted by atomic mass is 35.5. The van der Waals surface area contributed by atoms with Gasteiger partial charge in [0.15, 0.2) is 0 Å². The molecule has 3 aromatic carbocycles. The smallest absolute Gasteiger partial charge is 0.329 e. The van der Waals surface area contributed by atoms with E-state index in [0.29, 0.717) is 44.4 Å². The number of aromatic nitrogens is 4. The molecular weight excluding hydrogens is 472 g/mol. The second-order valence-electron chi connectivity index (χ2n) is 7.73. The normalized spacial score (nSPS) is 11.1. The molecule has 1 N–H and O–H groups in total. The summed E-state index contributed by atoms with van der Waals surface area (Å²) >= 11 is 5.92. The summed E-state index contributed by atoms with van der Waals surface area (Å²) in [5.41, 5.74) is 1.43. The van der Waals surface area contributed by atoms with Crippen LogP contribution in [-0.4, -0.2) is 33.9 Å². The number of ether oxygens (including phenoxy) is 2. The van der Waals surface area contributed by atoms with Gasteiger partial charge < -0.3 is 19.0 Å². The number of halogens is 1. The van der Waals surface area contributed by atoms with E-state index in [1.165, 1.54) is 0 Å². The Hall–Kier alpha value is -4.37. The number of aromatic amines is 1. The van der Waals surface area contributed by atoms with Gasteiger partial charge in [0.1, 0.15) is 11.5 Å². The summed E-state index contributed by atoms with van der Waals surface area (Å²) in [7, 11) is 3.11. The van der Waals surface area contributed by atoms with Crippen molar-refractivity contribution in [1.29, 1.82) is 0 Å². The van der Waals surface area contributed by atoms with Gasteiger partial charge in [-0.3, -0.25) is 9.36 Å². The second-order valence-corrected chi connectivity index (χ2v) is 8.17. The maximum atomic E-state index is 13.0. The molecule has 0 aliphatic heterocycles. The molecule has 0 saturated carbocycles. The third-order valence-corrected chi connectivity index (χ3v) is 5.77. The summed E-state index contributed by atoms with van der Waals surface area (Å²) in [6.07, 6.45) is 0. The zero-order chi connectivity index (χ0) is 24.5. The van der Waals surface area contributed by atoms with Gasteiger partial charge in [0.25, 0.3) is 11.4 Å². The van der Waals surface area contributed by atoms with Crippen molar-refractivity contribution in [3.63, 3.8) is 0 Å². The maximum Gasteiger partial charge on any atom is 0.329 e. The standard InChI is InChI=1S/C25H19ClN4O5/c1-33-18-9-16(10-19(12-18)34-2)22-28-23(35-29-22)15-5-8-20-21(11-15)27-25(32)30(24(20)31)13-14-3-6-17(26)7-4-14/h3-12H,13H2,1-2H3,(H,27,32). The highest BCUT2D eigenvalue weighted by Crippen LogP contribution is 2.30. The van der Waals surface area contributed by atoms with Gasteiger partial charge in [-0.1, -0.05) is 28.9 Å². The lowest BCUT2D eigenvalue weighted by Gasteiger charge is -2.07. The van der Waals surface area contributed by atoms with Crippen LogP contribution in [0, 0.1) is 0 Å². The number of fused-ring (bicyclic) bond motifs is 1. The van der Waals surface area contributed by atoms with Crippen LogP contribution in [0.15, 0.2) is 74.8 Å². The van der Waals surface area contributed by atoms with Crippen molar-refractivity contribution in [2.45, 2.75) is 6.54 Å². The highest BCUT2D eigenvalue weighted by molar-refractivity contribution is 6.30. The Morgan fingerprint density at radius 3 is 2.34 bits per heavy atom. The fraction of sp³-hybridized carbons (Fsp3) is 0.120. The summed E-state index contributed by atoms with van der Waals surface area (Å²) in [6, 6.07) is 17.2. The van der Waals surface area contributed by atoms with Crippen LogP contribution in [0.2, 0.25) is 5.02 Å². The van der Waals surface area contributed by atoms with E-state index in [1.54, 1.807) is 74.9 Å². The van der Waals surface area contributed by atoms with Gasteiger partial charge >= 0.3 is 5.69 Å². The van der Waals surface area contributed by atoms with Crippen LogP contribution in [0.4, 0.5) is 0 Å². The van der Waals surface area contributed by atoms with Crippen molar-refractivity contribution in [2.24, 2.45) is 0 Å². The summed E-state index contributed by atoms with van der Waals surface area (Å²) in [5, 5.41) is 4.99. The molecule has 0 aliphatic rings. The molecule has 0 bridgehead atoms. The Labute approximate surface area is 203 Å². The first-order chi connectivity index (χ1) is 16.9. The van der Waals surface area contributed by atoms with Crippen LogP contribution >= 0.6 is 11.6 Å². The first-order valence-corrected chi connectivity index (χ1v) is 10.9. The van der Waals surface area contributed by atoms with E-state index in [2.05, 4.69) is 15.1 Å². The summed E-state index contributed by atoms with van der Waals surface area (Å²) < 4.78 is 17.2. The first-order valence-electron chi connectivity index (χ1n) is 10.5. The molecule has 2 heterocycles. The number of methoxy groups -OCH3 is 2. The highest BCUT2D eigenvalue weighted by Gasteiger charge is 2.15. The van der Waals surface area contributed by atoms with Crippen molar-refractivity contribution >= 4 is 22.5 Å². The molecule has 35 heavy (non-hydrogen) atoms. The number of hydrogen-bond acceptors (Lipinski definition) is 7. The molecule has 0 fully saturated rings. The Bertz CT molecular complexity index is 1630. The molecule has 0 aliphatic carbocycles. The molecule has 9 nitrogen and oxygen atoms in total.